The number of aromatic nitrogens is 1. The summed E-state index contributed by atoms with van der Waals surface area (Å²) in [6.45, 7) is -0.273. The van der Waals surface area contributed by atoms with Crippen LogP contribution in [0.5, 0.6) is 0 Å². The van der Waals surface area contributed by atoms with Gasteiger partial charge in [0.2, 0.25) is 10.0 Å². The van der Waals surface area contributed by atoms with Crippen LogP contribution in [0.25, 0.3) is 0 Å². The van der Waals surface area contributed by atoms with E-state index in [9.17, 15) is 18.3 Å². The Bertz CT molecular complexity index is 606. The standard InChI is InChI=1S/C10H11ClN2O5S/c11-9-8(2-1-3-12-9)19(17,18)13-5-6(14)4-7(13)10(15)16/h1-3,6-7,14H,4-5H2,(H,15,16)/t6?,7-/m0/s1. The lowest BCUT2D eigenvalue weighted by Crippen LogP contribution is -2.40. The maximum Gasteiger partial charge on any atom is 0.322 e. The zero-order valence-corrected chi connectivity index (χ0v) is 11.2. The number of pyridine rings is 1. The highest BCUT2D eigenvalue weighted by Crippen LogP contribution is 2.29. The fourth-order valence-corrected chi connectivity index (χ4v) is 4.02. The molecule has 2 heterocycles. The van der Waals surface area contributed by atoms with Crippen molar-refractivity contribution in [2.75, 3.05) is 6.54 Å². The van der Waals surface area contributed by atoms with Gasteiger partial charge in [0.15, 0.2) is 0 Å². The van der Waals surface area contributed by atoms with Gasteiger partial charge in [0.25, 0.3) is 0 Å². The van der Waals surface area contributed by atoms with E-state index >= 15 is 0 Å². The monoisotopic (exact) mass is 306 g/mol. The Morgan fingerprint density at radius 2 is 2.21 bits per heavy atom. The molecular weight excluding hydrogens is 296 g/mol. The molecule has 0 saturated carbocycles. The van der Waals surface area contributed by atoms with Crippen molar-refractivity contribution in [3.8, 4) is 0 Å². The summed E-state index contributed by atoms with van der Waals surface area (Å²) in [5, 5.41) is 18.3. The van der Waals surface area contributed by atoms with E-state index in [0.29, 0.717) is 0 Å². The number of rotatable bonds is 3. The zero-order valence-electron chi connectivity index (χ0n) is 9.60. The first-order valence-electron chi connectivity index (χ1n) is 5.37. The van der Waals surface area contributed by atoms with Crippen molar-refractivity contribution in [1.29, 1.82) is 0 Å². The first-order chi connectivity index (χ1) is 8.84. The molecule has 19 heavy (non-hydrogen) atoms. The molecule has 1 fully saturated rings. The number of aliphatic carboxylic acids is 1. The molecule has 104 valence electrons. The number of hydrogen-bond acceptors (Lipinski definition) is 5. The number of hydrogen-bond donors (Lipinski definition) is 2. The van der Waals surface area contributed by atoms with Crippen molar-refractivity contribution < 1.29 is 23.4 Å². The van der Waals surface area contributed by atoms with Crippen LogP contribution in [0, 0.1) is 0 Å². The second-order valence-corrected chi connectivity index (χ2v) is 6.33. The van der Waals surface area contributed by atoms with Crippen LogP contribution in [0.15, 0.2) is 23.2 Å². The van der Waals surface area contributed by atoms with Crippen LogP contribution in [-0.2, 0) is 14.8 Å². The average molecular weight is 307 g/mol. The van der Waals surface area contributed by atoms with Gasteiger partial charge in [0.1, 0.15) is 16.1 Å². The van der Waals surface area contributed by atoms with Crippen LogP contribution in [-0.4, -0.2) is 52.6 Å². The molecule has 1 aliphatic rings. The quantitative estimate of drug-likeness (QED) is 0.758. The topological polar surface area (TPSA) is 108 Å². The van der Waals surface area contributed by atoms with Gasteiger partial charge >= 0.3 is 5.97 Å². The number of carbonyl (C=O) groups is 1. The van der Waals surface area contributed by atoms with Gasteiger partial charge < -0.3 is 10.2 Å². The van der Waals surface area contributed by atoms with E-state index < -0.39 is 28.1 Å². The minimum atomic E-state index is -4.10. The van der Waals surface area contributed by atoms with Crippen molar-refractivity contribution in [2.24, 2.45) is 0 Å². The summed E-state index contributed by atoms with van der Waals surface area (Å²) >= 11 is 5.72. The number of β-amino-alcohol motifs (C(OH)–C–C–N with tert-alkyl or cyclic N) is 1. The smallest absolute Gasteiger partial charge is 0.322 e. The molecule has 0 aromatic carbocycles. The van der Waals surface area contributed by atoms with E-state index in [1.807, 2.05) is 0 Å². The normalized spacial score (nSPS) is 24.5. The largest absolute Gasteiger partial charge is 0.480 e. The summed E-state index contributed by atoms with van der Waals surface area (Å²) in [4.78, 5) is 14.4. The molecule has 0 spiro atoms. The predicted octanol–water partition coefficient (Wildman–Crippen LogP) is -0.0565. The van der Waals surface area contributed by atoms with Gasteiger partial charge in [-0.2, -0.15) is 4.31 Å². The lowest BCUT2D eigenvalue weighted by atomic mass is 10.2. The Kier molecular flexibility index (Phi) is 3.77. The molecule has 0 amide bonds. The third-order valence-corrected chi connectivity index (χ3v) is 5.15. The van der Waals surface area contributed by atoms with Gasteiger partial charge in [-0.05, 0) is 12.1 Å². The SMILES string of the molecule is O=C(O)[C@@H]1CC(O)CN1S(=O)(=O)c1cccnc1Cl. The third-order valence-electron chi connectivity index (χ3n) is 2.83. The molecule has 1 aliphatic heterocycles. The molecule has 0 radical (unpaired) electrons. The maximum absolute atomic E-state index is 12.3. The van der Waals surface area contributed by atoms with Crippen LogP contribution in [0.4, 0.5) is 0 Å². The van der Waals surface area contributed by atoms with Crippen molar-refractivity contribution in [1.82, 2.24) is 9.29 Å². The maximum atomic E-state index is 12.3. The van der Waals surface area contributed by atoms with Gasteiger partial charge in [-0.1, -0.05) is 11.6 Å². The molecular formula is C10H11ClN2O5S. The van der Waals surface area contributed by atoms with E-state index in [0.717, 1.165) is 4.31 Å². The van der Waals surface area contributed by atoms with Gasteiger partial charge in [0.05, 0.1) is 6.10 Å². The number of nitrogens with zero attached hydrogens (tertiary/aromatic N) is 2. The second-order valence-electron chi connectivity index (χ2n) is 4.11. The molecule has 1 aromatic heterocycles. The molecule has 0 bridgehead atoms. The van der Waals surface area contributed by atoms with E-state index in [1.54, 1.807) is 0 Å². The van der Waals surface area contributed by atoms with Crippen molar-refractivity contribution in [2.45, 2.75) is 23.5 Å². The predicted molar refractivity (Wildman–Crippen MR) is 65.2 cm³/mol. The van der Waals surface area contributed by atoms with Crippen molar-refractivity contribution in [3.63, 3.8) is 0 Å². The number of carboxylic acids is 1. The van der Waals surface area contributed by atoms with E-state index in [-0.39, 0.29) is 23.0 Å². The van der Waals surface area contributed by atoms with Crippen LogP contribution >= 0.6 is 11.6 Å². The highest BCUT2D eigenvalue weighted by atomic mass is 35.5. The van der Waals surface area contributed by atoms with E-state index in [1.165, 1.54) is 18.3 Å². The molecule has 1 aromatic rings. The first-order valence-corrected chi connectivity index (χ1v) is 7.19. The summed E-state index contributed by atoms with van der Waals surface area (Å²) in [6.07, 6.45) is 0.174. The van der Waals surface area contributed by atoms with Gasteiger partial charge in [-0.3, -0.25) is 4.79 Å². The Labute approximate surface area is 114 Å². The van der Waals surface area contributed by atoms with Crippen LogP contribution in [0.3, 0.4) is 0 Å². The Morgan fingerprint density at radius 1 is 1.53 bits per heavy atom. The first kappa shape index (κ1) is 14.2. The highest BCUT2D eigenvalue weighted by Gasteiger charge is 2.44. The van der Waals surface area contributed by atoms with Crippen molar-refractivity contribution in [3.05, 3.63) is 23.5 Å². The Balaban J connectivity index is 2.45. The molecule has 1 unspecified atom stereocenters. The zero-order chi connectivity index (χ0) is 14.2. The molecule has 2 N–H and O–H groups in total. The Morgan fingerprint density at radius 3 is 2.79 bits per heavy atom. The molecule has 2 atom stereocenters. The fraction of sp³-hybridized carbons (Fsp3) is 0.400. The number of aliphatic hydroxyl groups is 1. The highest BCUT2D eigenvalue weighted by molar-refractivity contribution is 7.89. The lowest BCUT2D eigenvalue weighted by Gasteiger charge is -2.20. The minimum absolute atomic E-state index is 0.146. The molecule has 2 rings (SSSR count). The summed E-state index contributed by atoms with van der Waals surface area (Å²) < 4.78 is 25.4. The van der Waals surface area contributed by atoms with Crippen molar-refractivity contribution >= 4 is 27.6 Å². The Hall–Kier alpha value is -1.22. The summed E-state index contributed by atoms with van der Waals surface area (Å²) in [5.74, 6) is -1.31. The number of aliphatic hydroxyl groups excluding tert-OH is 1. The van der Waals surface area contributed by atoms with Crippen LogP contribution < -0.4 is 0 Å². The van der Waals surface area contributed by atoms with Crippen LogP contribution in [0.1, 0.15) is 6.42 Å². The van der Waals surface area contributed by atoms with Gasteiger partial charge in [-0.15, -0.1) is 0 Å². The summed E-state index contributed by atoms with van der Waals surface area (Å²) in [6, 6.07) is 1.34. The summed E-state index contributed by atoms with van der Waals surface area (Å²) in [7, 11) is -4.10. The molecule has 0 aliphatic carbocycles. The number of halogens is 1. The average Bonchev–Trinajstić information content (AvgIpc) is 2.72. The molecule has 9 heteroatoms. The molecule has 7 nitrogen and oxygen atoms in total. The fourth-order valence-electron chi connectivity index (χ4n) is 1.96. The second kappa shape index (κ2) is 5.04. The number of carboxylic acid groups (broad SMARTS) is 1. The number of sulfonamides is 1. The third kappa shape index (κ3) is 2.57. The summed E-state index contributed by atoms with van der Waals surface area (Å²) in [5.41, 5.74) is 0. The van der Waals surface area contributed by atoms with Gasteiger partial charge in [-0.25, -0.2) is 13.4 Å². The van der Waals surface area contributed by atoms with E-state index in [4.69, 9.17) is 16.7 Å². The lowest BCUT2D eigenvalue weighted by molar-refractivity contribution is -0.140. The van der Waals surface area contributed by atoms with E-state index in [2.05, 4.69) is 4.98 Å². The van der Waals surface area contributed by atoms with Crippen LogP contribution in [0.2, 0.25) is 5.15 Å². The van der Waals surface area contributed by atoms with Gasteiger partial charge in [0, 0.05) is 19.2 Å². The molecule has 1 saturated heterocycles. The minimum Gasteiger partial charge on any atom is -0.480 e.